The zero-order valence-electron chi connectivity index (χ0n) is 18.3. The van der Waals surface area contributed by atoms with Crippen molar-refractivity contribution >= 4 is 22.8 Å². The van der Waals surface area contributed by atoms with E-state index >= 15 is 0 Å². The molecule has 9 heteroatoms. The number of hydrogen-bond acceptors (Lipinski definition) is 6. The lowest BCUT2D eigenvalue weighted by Gasteiger charge is -2.37. The molecule has 2 aliphatic rings. The number of nitrogens with zero attached hydrogens (tertiary/aromatic N) is 3. The third-order valence-electron chi connectivity index (χ3n) is 6.73. The Morgan fingerprint density at radius 2 is 2.03 bits per heavy atom. The van der Waals surface area contributed by atoms with Gasteiger partial charge in [0.15, 0.2) is 0 Å². The van der Waals surface area contributed by atoms with E-state index in [0.29, 0.717) is 42.9 Å². The molecule has 2 saturated heterocycles. The molecule has 0 aliphatic carbocycles. The number of aromatic amines is 1. The Balaban J connectivity index is 1.17. The van der Waals surface area contributed by atoms with Crippen molar-refractivity contribution in [1.82, 2.24) is 15.0 Å². The minimum atomic E-state index is -0.824. The van der Waals surface area contributed by atoms with E-state index in [1.54, 1.807) is 12.3 Å². The average Bonchev–Trinajstić information content (AvgIpc) is 3.27. The SMILES string of the molecule is O=C(O)C1(COC2CCN(c3ccc(-c4nc5ccc(F)cc5[nH]4)cn3)CC2)CCOCC1. The predicted octanol–water partition coefficient (Wildman–Crippen LogP) is 3.63. The third-order valence-corrected chi connectivity index (χ3v) is 6.73. The van der Waals surface area contributed by atoms with Crippen molar-refractivity contribution < 1.29 is 23.8 Å². The first-order valence-corrected chi connectivity index (χ1v) is 11.3. The number of aliphatic carboxylic acids is 1. The van der Waals surface area contributed by atoms with Crippen LogP contribution in [0.4, 0.5) is 10.2 Å². The maximum absolute atomic E-state index is 13.4. The molecule has 0 atom stereocenters. The Morgan fingerprint density at radius 3 is 2.73 bits per heavy atom. The standard InChI is InChI=1S/C24H27FN4O4/c25-17-2-3-19-20(13-17)28-22(27-19)16-1-4-21(26-14-16)29-9-5-18(6-10-29)33-15-24(23(30)31)7-11-32-12-8-24/h1-4,13-14,18H,5-12,15H2,(H,27,28)(H,30,31). The molecule has 33 heavy (non-hydrogen) atoms. The topological polar surface area (TPSA) is 101 Å². The molecular formula is C24H27FN4O4. The van der Waals surface area contributed by atoms with Gasteiger partial charge >= 0.3 is 5.97 Å². The maximum atomic E-state index is 13.4. The Morgan fingerprint density at radius 1 is 1.24 bits per heavy atom. The van der Waals surface area contributed by atoms with Gasteiger partial charge in [-0.25, -0.2) is 14.4 Å². The summed E-state index contributed by atoms with van der Waals surface area (Å²) < 4.78 is 24.8. The molecule has 3 aromatic rings. The summed E-state index contributed by atoms with van der Waals surface area (Å²) >= 11 is 0. The minimum Gasteiger partial charge on any atom is -0.481 e. The molecule has 2 aliphatic heterocycles. The number of piperidine rings is 1. The van der Waals surface area contributed by atoms with Crippen molar-refractivity contribution in [2.45, 2.75) is 31.8 Å². The number of fused-ring (bicyclic) bond motifs is 1. The highest BCUT2D eigenvalue weighted by molar-refractivity contribution is 5.79. The van der Waals surface area contributed by atoms with Crippen LogP contribution in [0.5, 0.6) is 0 Å². The number of hydrogen-bond donors (Lipinski definition) is 2. The lowest BCUT2D eigenvalue weighted by molar-refractivity contribution is -0.163. The summed E-state index contributed by atoms with van der Waals surface area (Å²) in [7, 11) is 0. The number of carboxylic acids is 1. The molecule has 2 fully saturated rings. The fraction of sp³-hybridized carbons (Fsp3) is 0.458. The van der Waals surface area contributed by atoms with Gasteiger partial charge in [0.2, 0.25) is 0 Å². The van der Waals surface area contributed by atoms with Crippen LogP contribution in [0.15, 0.2) is 36.5 Å². The van der Waals surface area contributed by atoms with Crippen molar-refractivity contribution in [3.05, 3.63) is 42.3 Å². The van der Waals surface area contributed by atoms with Crippen LogP contribution in [0.3, 0.4) is 0 Å². The van der Waals surface area contributed by atoms with Crippen LogP contribution < -0.4 is 4.90 Å². The number of carboxylic acid groups (broad SMARTS) is 1. The molecule has 0 bridgehead atoms. The molecule has 174 valence electrons. The highest BCUT2D eigenvalue weighted by atomic mass is 19.1. The zero-order valence-corrected chi connectivity index (χ0v) is 18.3. The van der Waals surface area contributed by atoms with Crippen molar-refractivity contribution in [2.24, 2.45) is 5.41 Å². The van der Waals surface area contributed by atoms with Crippen LogP contribution in [-0.2, 0) is 14.3 Å². The highest BCUT2D eigenvalue weighted by Crippen LogP contribution is 2.33. The van der Waals surface area contributed by atoms with Gasteiger partial charge in [0.05, 0.1) is 29.2 Å². The van der Waals surface area contributed by atoms with Gasteiger partial charge in [0.1, 0.15) is 17.5 Å². The molecule has 0 saturated carbocycles. The molecule has 2 aromatic heterocycles. The van der Waals surface area contributed by atoms with Crippen LogP contribution in [0.25, 0.3) is 22.4 Å². The molecule has 0 radical (unpaired) electrons. The van der Waals surface area contributed by atoms with E-state index in [-0.39, 0.29) is 18.5 Å². The van der Waals surface area contributed by atoms with Gasteiger partial charge in [0.25, 0.3) is 0 Å². The summed E-state index contributed by atoms with van der Waals surface area (Å²) in [6.45, 7) is 2.78. The largest absolute Gasteiger partial charge is 0.481 e. The Labute approximate surface area is 190 Å². The summed E-state index contributed by atoms with van der Waals surface area (Å²) in [6.07, 6.45) is 4.47. The second-order valence-electron chi connectivity index (χ2n) is 8.85. The first kappa shape index (κ1) is 21.8. The van der Waals surface area contributed by atoms with Gasteiger partial charge in [-0.3, -0.25) is 4.79 Å². The number of carbonyl (C=O) groups is 1. The summed E-state index contributed by atoms with van der Waals surface area (Å²) in [5.74, 6) is 0.444. The quantitative estimate of drug-likeness (QED) is 0.587. The lowest BCUT2D eigenvalue weighted by Crippen LogP contribution is -2.44. The van der Waals surface area contributed by atoms with Gasteiger partial charge in [0, 0.05) is 38.1 Å². The monoisotopic (exact) mass is 454 g/mol. The first-order chi connectivity index (χ1) is 16.0. The number of pyridine rings is 1. The van der Waals surface area contributed by atoms with Gasteiger partial charge in [-0.1, -0.05) is 0 Å². The second kappa shape index (κ2) is 9.07. The van der Waals surface area contributed by atoms with Gasteiger partial charge in [-0.05, 0) is 56.0 Å². The lowest BCUT2D eigenvalue weighted by atomic mass is 9.81. The van der Waals surface area contributed by atoms with Gasteiger partial charge < -0.3 is 24.5 Å². The Kier molecular flexibility index (Phi) is 5.99. The number of imidazole rings is 1. The van der Waals surface area contributed by atoms with Crippen molar-refractivity contribution in [1.29, 1.82) is 0 Å². The maximum Gasteiger partial charge on any atom is 0.312 e. The summed E-state index contributed by atoms with van der Waals surface area (Å²) in [6, 6.07) is 8.40. The molecular weight excluding hydrogens is 427 g/mol. The molecule has 2 N–H and O–H groups in total. The highest BCUT2D eigenvalue weighted by Gasteiger charge is 2.41. The molecule has 5 rings (SSSR count). The fourth-order valence-corrected chi connectivity index (χ4v) is 4.54. The number of nitrogens with one attached hydrogen (secondary N) is 1. The number of halogens is 1. The number of H-pyrrole nitrogens is 1. The molecule has 0 spiro atoms. The second-order valence-corrected chi connectivity index (χ2v) is 8.85. The zero-order chi connectivity index (χ0) is 22.8. The Hall–Kier alpha value is -3.04. The Bertz CT molecular complexity index is 1120. The van der Waals surface area contributed by atoms with Crippen LogP contribution >= 0.6 is 0 Å². The van der Waals surface area contributed by atoms with E-state index in [1.165, 1.54) is 12.1 Å². The number of benzene rings is 1. The van der Waals surface area contributed by atoms with E-state index in [2.05, 4.69) is 19.9 Å². The molecule has 8 nitrogen and oxygen atoms in total. The smallest absolute Gasteiger partial charge is 0.312 e. The van der Waals surface area contributed by atoms with Gasteiger partial charge in [-0.2, -0.15) is 0 Å². The van der Waals surface area contributed by atoms with Crippen molar-refractivity contribution in [3.63, 3.8) is 0 Å². The molecule has 0 unspecified atom stereocenters. The third kappa shape index (κ3) is 4.56. The van der Waals surface area contributed by atoms with Crippen molar-refractivity contribution in [2.75, 3.05) is 37.8 Å². The normalized spacial score (nSPS) is 19.1. The summed E-state index contributed by atoms with van der Waals surface area (Å²) in [5.41, 5.74) is 1.38. The van der Waals surface area contributed by atoms with E-state index < -0.39 is 11.4 Å². The number of ether oxygens (including phenoxy) is 2. The van der Waals surface area contributed by atoms with Gasteiger partial charge in [-0.15, -0.1) is 0 Å². The van der Waals surface area contributed by atoms with E-state index in [4.69, 9.17) is 9.47 Å². The molecule has 0 amide bonds. The number of rotatable bonds is 6. The molecule has 1 aromatic carbocycles. The van der Waals surface area contributed by atoms with E-state index in [0.717, 1.165) is 37.3 Å². The summed E-state index contributed by atoms with van der Waals surface area (Å²) in [4.78, 5) is 26.3. The average molecular weight is 455 g/mol. The molecule has 4 heterocycles. The van der Waals surface area contributed by atoms with Crippen LogP contribution in [0.1, 0.15) is 25.7 Å². The predicted molar refractivity (Wildman–Crippen MR) is 121 cm³/mol. The minimum absolute atomic E-state index is 0.0514. The number of anilines is 1. The van der Waals surface area contributed by atoms with E-state index in [9.17, 15) is 14.3 Å². The number of aromatic nitrogens is 3. The first-order valence-electron chi connectivity index (χ1n) is 11.3. The fourth-order valence-electron chi connectivity index (χ4n) is 4.54. The van der Waals surface area contributed by atoms with E-state index in [1.807, 2.05) is 12.1 Å². The van der Waals surface area contributed by atoms with Crippen molar-refractivity contribution in [3.8, 4) is 11.4 Å². The van der Waals surface area contributed by atoms with Crippen LogP contribution in [-0.4, -0.2) is 65.0 Å². The summed E-state index contributed by atoms with van der Waals surface area (Å²) in [5, 5.41) is 9.69. The van der Waals surface area contributed by atoms with Crippen LogP contribution in [0.2, 0.25) is 0 Å². The van der Waals surface area contributed by atoms with Crippen LogP contribution in [0, 0.1) is 11.2 Å².